The van der Waals surface area contributed by atoms with Crippen LogP contribution >= 0.6 is 0 Å². The van der Waals surface area contributed by atoms with Gasteiger partial charge >= 0.3 is 0 Å². The molecule has 0 radical (unpaired) electrons. The van der Waals surface area contributed by atoms with E-state index in [0.717, 1.165) is 13.2 Å². The van der Waals surface area contributed by atoms with Gasteiger partial charge in [-0.2, -0.15) is 0 Å². The first-order valence-electron chi connectivity index (χ1n) is 4.85. The molecule has 1 rings (SSSR count). The third-order valence-electron chi connectivity index (χ3n) is 2.27. The molecule has 0 aliphatic carbocycles. The van der Waals surface area contributed by atoms with Gasteiger partial charge in [0.25, 0.3) is 0 Å². The van der Waals surface area contributed by atoms with Gasteiger partial charge in [0.1, 0.15) is 0 Å². The third-order valence-corrected chi connectivity index (χ3v) is 4.15. The SMILES string of the molecule is CCCCOC1N(C)[SiH2]N1CC. The fourth-order valence-electron chi connectivity index (χ4n) is 1.43. The lowest BCUT2D eigenvalue weighted by atomic mass is 10.4. The van der Waals surface area contributed by atoms with Crippen LogP contribution in [0, 0.1) is 0 Å². The van der Waals surface area contributed by atoms with Crippen molar-refractivity contribution in [1.82, 2.24) is 9.13 Å². The summed E-state index contributed by atoms with van der Waals surface area (Å²) in [5.74, 6) is 0. The van der Waals surface area contributed by atoms with E-state index in [9.17, 15) is 0 Å². The second kappa shape index (κ2) is 4.96. The summed E-state index contributed by atoms with van der Waals surface area (Å²) in [6.45, 7) is 6.46. The predicted molar refractivity (Wildman–Crippen MR) is 53.3 cm³/mol. The summed E-state index contributed by atoms with van der Waals surface area (Å²) in [7, 11) is 2.06. The first kappa shape index (κ1) is 10.2. The number of hydrogen-bond acceptors (Lipinski definition) is 3. The zero-order valence-electron chi connectivity index (χ0n) is 8.42. The molecular weight excluding hydrogens is 168 g/mol. The molecule has 4 heteroatoms. The zero-order valence-corrected chi connectivity index (χ0v) is 9.83. The molecule has 1 atom stereocenters. The van der Waals surface area contributed by atoms with Gasteiger partial charge in [0.05, 0.1) is 6.61 Å². The van der Waals surface area contributed by atoms with Crippen LogP contribution < -0.4 is 0 Å². The first-order valence-corrected chi connectivity index (χ1v) is 6.12. The molecule has 0 bridgehead atoms. The highest BCUT2D eigenvalue weighted by molar-refractivity contribution is 6.31. The minimum Gasteiger partial charge on any atom is -0.351 e. The van der Waals surface area contributed by atoms with E-state index in [4.69, 9.17) is 4.74 Å². The van der Waals surface area contributed by atoms with Gasteiger partial charge in [0, 0.05) is 0 Å². The summed E-state index contributed by atoms with van der Waals surface area (Å²) >= 11 is 0. The average molecular weight is 188 g/mol. The monoisotopic (exact) mass is 188 g/mol. The van der Waals surface area contributed by atoms with Gasteiger partial charge in [-0.25, -0.2) is 0 Å². The van der Waals surface area contributed by atoms with Crippen molar-refractivity contribution in [2.45, 2.75) is 33.0 Å². The summed E-state index contributed by atoms with van der Waals surface area (Å²) in [4.78, 5) is 0. The molecule has 1 fully saturated rings. The molecule has 72 valence electrons. The van der Waals surface area contributed by atoms with Crippen LogP contribution in [0.1, 0.15) is 26.7 Å². The summed E-state index contributed by atoms with van der Waals surface area (Å²) in [6, 6.07) is 0. The fraction of sp³-hybridized carbons (Fsp3) is 1.00. The van der Waals surface area contributed by atoms with Crippen LogP contribution in [0.2, 0.25) is 0 Å². The van der Waals surface area contributed by atoms with Crippen molar-refractivity contribution in [3.8, 4) is 0 Å². The van der Waals surface area contributed by atoms with E-state index in [1.165, 1.54) is 12.8 Å². The normalized spacial score (nSPS) is 27.8. The van der Waals surface area contributed by atoms with Gasteiger partial charge < -0.3 is 4.74 Å². The summed E-state index contributed by atoms with van der Waals surface area (Å²) < 4.78 is 10.5. The van der Waals surface area contributed by atoms with Gasteiger partial charge in [-0.05, 0) is 20.0 Å². The molecule has 3 nitrogen and oxygen atoms in total. The van der Waals surface area contributed by atoms with Crippen LogP contribution in [0.15, 0.2) is 0 Å². The lowest BCUT2D eigenvalue weighted by molar-refractivity contribution is -0.124. The van der Waals surface area contributed by atoms with Gasteiger partial charge in [-0.3, -0.25) is 9.13 Å². The standard InChI is InChI=1S/C8H20N2OSi/c1-4-6-7-11-8-9(3)12-10(8)5-2/h8H,4-7,12H2,1-3H3. The van der Waals surface area contributed by atoms with Crippen LogP contribution in [0.5, 0.6) is 0 Å². The molecule has 12 heavy (non-hydrogen) atoms. The molecule has 0 aromatic heterocycles. The Morgan fingerprint density at radius 3 is 2.67 bits per heavy atom. The van der Waals surface area contributed by atoms with E-state index in [0.29, 0.717) is 6.35 Å². The fourth-order valence-corrected chi connectivity index (χ4v) is 2.90. The molecule has 0 amide bonds. The lowest BCUT2D eigenvalue weighted by Gasteiger charge is -2.47. The molecule has 1 saturated heterocycles. The predicted octanol–water partition coefficient (Wildman–Crippen LogP) is 0.353. The highest BCUT2D eigenvalue weighted by atomic mass is 28.2. The van der Waals surface area contributed by atoms with E-state index in [2.05, 4.69) is 30.0 Å². The van der Waals surface area contributed by atoms with Crippen molar-refractivity contribution in [3.63, 3.8) is 0 Å². The van der Waals surface area contributed by atoms with E-state index in [1.807, 2.05) is 0 Å². The Labute approximate surface area is 77.7 Å². The molecule has 1 heterocycles. The molecule has 0 N–H and O–H groups in total. The minimum atomic E-state index is -0.0967. The Kier molecular flexibility index (Phi) is 4.21. The molecule has 1 aliphatic heterocycles. The number of unbranched alkanes of at least 4 members (excludes halogenated alkanes) is 1. The minimum absolute atomic E-state index is 0.0967. The highest BCUT2D eigenvalue weighted by Gasteiger charge is 2.32. The number of hydrogen-bond donors (Lipinski definition) is 0. The Bertz CT molecular complexity index is 134. The summed E-state index contributed by atoms with van der Waals surface area (Å²) in [6.07, 6.45) is 2.72. The maximum absolute atomic E-state index is 5.72. The smallest absolute Gasteiger partial charge is 0.179 e. The zero-order chi connectivity index (χ0) is 8.97. The quantitative estimate of drug-likeness (QED) is 0.457. The van der Waals surface area contributed by atoms with Crippen molar-refractivity contribution in [1.29, 1.82) is 0 Å². The number of rotatable bonds is 5. The Hall–Kier alpha value is 0.0969. The van der Waals surface area contributed by atoms with Crippen molar-refractivity contribution >= 4 is 9.84 Å². The molecular formula is C8H20N2OSi. The second-order valence-corrected chi connectivity index (χ2v) is 5.45. The Balaban J connectivity index is 2.12. The van der Waals surface area contributed by atoms with Crippen molar-refractivity contribution in [2.75, 3.05) is 20.2 Å². The van der Waals surface area contributed by atoms with Gasteiger partial charge in [0.2, 0.25) is 0 Å². The van der Waals surface area contributed by atoms with E-state index >= 15 is 0 Å². The molecule has 0 aromatic rings. The van der Waals surface area contributed by atoms with Gasteiger partial charge in [-0.15, -0.1) is 0 Å². The Morgan fingerprint density at radius 1 is 1.42 bits per heavy atom. The van der Waals surface area contributed by atoms with Crippen molar-refractivity contribution < 1.29 is 4.74 Å². The first-order chi connectivity index (χ1) is 5.79. The van der Waals surface area contributed by atoms with Crippen LogP contribution in [-0.4, -0.2) is 45.5 Å². The second-order valence-electron chi connectivity index (χ2n) is 3.35. The molecule has 0 saturated carbocycles. The van der Waals surface area contributed by atoms with Crippen LogP contribution in [0.4, 0.5) is 0 Å². The van der Waals surface area contributed by atoms with E-state index in [-0.39, 0.29) is 9.84 Å². The van der Waals surface area contributed by atoms with Crippen LogP contribution in [0.3, 0.4) is 0 Å². The maximum atomic E-state index is 5.72. The van der Waals surface area contributed by atoms with Gasteiger partial charge in [0.15, 0.2) is 16.2 Å². The van der Waals surface area contributed by atoms with Crippen molar-refractivity contribution in [2.24, 2.45) is 0 Å². The van der Waals surface area contributed by atoms with Gasteiger partial charge in [-0.1, -0.05) is 20.3 Å². The summed E-state index contributed by atoms with van der Waals surface area (Å²) in [5.41, 5.74) is 0. The lowest BCUT2D eigenvalue weighted by Crippen LogP contribution is -2.65. The highest BCUT2D eigenvalue weighted by Crippen LogP contribution is 2.14. The average Bonchev–Trinajstić information content (AvgIpc) is 2.08. The number of nitrogens with zero attached hydrogens (tertiary/aromatic N) is 2. The van der Waals surface area contributed by atoms with Crippen LogP contribution in [0.25, 0.3) is 0 Å². The molecule has 1 unspecified atom stereocenters. The van der Waals surface area contributed by atoms with Crippen molar-refractivity contribution in [3.05, 3.63) is 0 Å². The number of ether oxygens (including phenoxy) is 1. The van der Waals surface area contributed by atoms with E-state index in [1.54, 1.807) is 0 Å². The topological polar surface area (TPSA) is 15.7 Å². The largest absolute Gasteiger partial charge is 0.351 e. The third kappa shape index (κ3) is 2.29. The van der Waals surface area contributed by atoms with E-state index < -0.39 is 0 Å². The molecule has 0 aromatic carbocycles. The summed E-state index contributed by atoms with van der Waals surface area (Å²) in [5, 5.41) is 0. The molecule has 1 aliphatic rings. The molecule has 0 spiro atoms. The van der Waals surface area contributed by atoms with Crippen LogP contribution in [-0.2, 0) is 4.74 Å². The maximum Gasteiger partial charge on any atom is 0.179 e. The Morgan fingerprint density at radius 2 is 2.17 bits per heavy atom.